The summed E-state index contributed by atoms with van der Waals surface area (Å²) in [7, 11) is 0. The molecule has 24 heavy (non-hydrogen) atoms. The number of rotatable bonds is 7. The third-order valence-corrected chi connectivity index (χ3v) is 3.56. The van der Waals surface area contributed by atoms with Crippen LogP contribution in [0.2, 0.25) is 0 Å². The van der Waals surface area contributed by atoms with Crippen molar-refractivity contribution in [1.29, 1.82) is 0 Å². The topological polar surface area (TPSA) is 125 Å². The van der Waals surface area contributed by atoms with E-state index >= 15 is 0 Å². The second-order valence-corrected chi connectivity index (χ2v) is 7.39. The normalized spacial score (nSPS) is 12.3. The first-order valence-corrected chi connectivity index (χ1v) is 8.29. The molecular weight excluding hydrogens is 429 g/mol. The summed E-state index contributed by atoms with van der Waals surface area (Å²) in [6.45, 7) is 5.22. The molecule has 0 aliphatic heterocycles. The molecule has 1 rings (SSSR count). The highest BCUT2D eigenvalue weighted by Gasteiger charge is 2.23. The van der Waals surface area contributed by atoms with Gasteiger partial charge in [-0.05, 0) is 61.9 Å². The fraction of sp³-hybridized carbons (Fsp3) is 0.467. The van der Waals surface area contributed by atoms with Crippen LogP contribution in [0.4, 0.5) is 11.4 Å². The van der Waals surface area contributed by atoms with Gasteiger partial charge in [0.05, 0.1) is 4.92 Å². The highest BCUT2D eigenvalue weighted by Crippen LogP contribution is 2.27. The number of nitro groups is 1. The van der Waals surface area contributed by atoms with Crippen LogP contribution in [0.5, 0.6) is 0 Å². The van der Waals surface area contributed by atoms with E-state index in [1.54, 1.807) is 26.8 Å². The van der Waals surface area contributed by atoms with Gasteiger partial charge in [-0.1, -0.05) is 0 Å². The van der Waals surface area contributed by atoms with Crippen LogP contribution >= 0.6 is 22.6 Å². The highest BCUT2D eigenvalue weighted by atomic mass is 127. The van der Waals surface area contributed by atoms with Crippen molar-refractivity contribution in [1.82, 2.24) is 0 Å². The minimum absolute atomic E-state index is 0.0317. The lowest BCUT2D eigenvalue weighted by Crippen LogP contribution is -2.36. The lowest BCUT2D eigenvalue weighted by Gasteiger charge is -2.21. The number of ether oxygens (including phenoxy) is 1. The number of halogens is 1. The van der Waals surface area contributed by atoms with E-state index in [1.165, 1.54) is 12.1 Å². The molecule has 0 radical (unpaired) electrons. The Bertz CT molecular complexity index is 642. The summed E-state index contributed by atoms with van der Waals surface area (Å²) in [4.78, 5) is 33.9. The van der Waals surface area contributed by atoms with Gasteiger partial charge < -0.3 is 15.8 Å². The summed E-state index contributed by atoms with van der Waals surface area (Å²) >= 11 is 1.96. The van der Waals surface area contributed by atoms with Gasteiger partial charge in [0.2, 0.25) is 5.91 Å². The second-order valence-electron chi connectivity index (χ2n) is 6.14. The zero-order valence-corrected chi connectivity index (χ0v) is 15.8. The van der Waals surface area contributed by atoms with Crippen LogP contribution in [0.25, 0.3) is 0 Å². The molecule has 0 saturated carbocycles. The van der Waals surface area contributed by atoms with Gasteiger partial charge in [-0.25, -0.2) is 0 Å². The molecule has 0 heterocycles. The van der Waals surface area contributed by atoms with Gasteiger partial charge in [0, 0.05) is 16.1 Å². The van der Waals surface area contributed by atoms with Crippen LogP contribution < -0.4 is 11.1 Å². The number of amides is 1. The number of carbonyl (C=O) groups excluding carboxylic acids is 2. The first kappa shape index (κ1) is 20.1. The molecule has 0 aliphatic carbocycles. The molecule has 1 aromatic carbocycles. The first-order valence-electron chi connectivity index (χ1n) is 7.21. The van der Waals surface area contributed by atoms with Gasteiger partial charge in [0.1, 0.15) is 17.3 Å². The fourth-order valence-corrected chi connectivity index (χ4v) is 2.38. The van der Waals surface area contributed by atoms with Gasteiger partial charge >= 0.3 is 5.97 Å². The number of benzene rings is 1. The molecule has 1 unspecified atom stereocenters. The van der Waals surface area contributed by atoms with Crippen LogP contribution in [0, 0.1) is 13.7 Å². The lowest BCUT2D eigenvalue weighted by molar-refractivity contribution is -0.384. The van der Waals surface area contributed by atoms with Crippen molar-refractivity contribution in [3.05, 3.63) is 31.9 Å². The SMILES string of the molecule is CC(C)(C)OC(=O)CCC(Nc1ccc(I)cc1[N+](=O)[O-])C(N)=O. The maximum Gasteiger partial charge on any atom is 0.306 e. The predicted octanol–water partition coefficient (Wildman–Crippen LogP) is 2.59. The van der Waals surface area contributed by atoms with E-state index in [2.05, 4.69) is 5.32 Å². The average molecular weight is 449 g/mol. The minimum Gasteiger partial charge on any atom is -0.460 e. The van der Waals surface area contributed by atoms with E-state index in [9.17, 15) is 19.7 Å². The molecule has 0 bridgehead atoms. The van der Waals surface area contributed by atoms with E-state index < -0.39 is 28.4 Å². The standard InChI is InChI=1S/C15H20IN3O5/c1-15(2,3)24-13(20)7-6-11(14(17)21)18-10-5-4-9(16)8-12(10)19(22)23/h4-5,8,11,18H,6-7H2,1-3H3,(H2,17,21). The zero-order chi connectivity index (χ0) is 18.5. The Hall–Kier alpha value is -1.91. The Morgan fingerprint density at radius 2 is 2.04 bits per heavy atom. The van der Waals surface area contributed by atoms with Crippen molar-refractivity contribution in [2.45, 2.75) is 45.3 Å². The first-order chi connectivity index (χ1) is 11.0. The van der Waals surface area contributed by atoms with Crippen molar-refractivity contribution in [2.24, 2.45) is 5.73 Å². The Morgan fingerprint density at radius 1 is 1.42 bits per heavy atom. The van der Waals surface area contributed by atoms with Crippen molar-refractivity contribution >= 4 is 45.8 Å². The van der Waals surface area contributed by atoms with E-state index in [0.29, 0.717) is 3.57 Å². The summed E-state index contributed by atoms with van der Waals surface area (Å²) < 4.78 is 5.86. The van der Waals surface area contributed by atoms with Crippen molar-refractivity contribution in [2.75, 3.05) is 5.32 Å². The van der Waals surface area contributed by atoms with Gasteiger partial charge in [0.15, 0.2) is 0 Å². The number of carbonyl (C=O) groups is 2. The maximum absolute atomic E-state index is 11.7. The van der Waals surface area contributed by atoms with Crippen LogP contribution in [0.1, 0.15) is 33.6 Å². The Balaban J connectivity index is 2.83. The fourth-order valence-electron chi connectivity index (χ4n) is 1.91. The number of esters is 1. The number of nitrogens with two attached hydrogens (primary N) is 1. The molecule has 1 amide bonds. The number of nitrogens with zero attached hydrogens (tertiary/aromatic N) is 1. The quantitative estimate of drug-likeness (QED) is 0.285. The smallest absolute Gasteiger partial charge is 0.306 e. The van der Waals surface area contributed by atoms with Gasteiger partial charge in [-0.15, -0.1) is 0 Å². The summed E-state index contributed by atoms with van der Waals surface area (Å²) in [6, 6.07) is 3.64. The molecule has 8 nitrogen and oxygen atoms in total. The van der Waals surface area contributed by atoms with Crippen molar-refractivity contribution in [3.8, 4) is 0 Å². The van der Waals surface area contributed by atoms with E-state index in [0.717, 1.165) is 0 Å². The molecule has 0 spiro atoms. The molecule has 1 aromatic rings. The number of hydrogen-bond donors (Lipinski definition) is 2. The summed E-state index contributed by atoms with van der Waals surface area (Å²) in [5.41, 5.74) is 4.72. The number of nitro benzene ring substituents is 1. The van der Waals surface area contributed by atoms with Crippen LogP contribution in [0.15, 0.2) is 18.2 Å². The number of hydrogen-bond acceptors (Lipinski definition) is 6. The number of nitrogens with one attached hydrogen (secondary N) is 1. The molecule has 9 heteroatoms. The molecule has 0 saturated heterocycles. The highest BCUT2D eigenvalue weighted by molar-refractivity contribution is 14.1. The molecule has 132 valence electrons. The molecule has 1 atom stereocenters. The molecule has 0 aliphatic rings. The Kier molecular flexibility index (Phi) is 6.93. The lowest BCUT2D eigenvalue weighted by atomic mass is 10.1. The molecule has 3 N–H and O–H groups in total. The minimum atomic E-state index is -0.920. The summed E-state index contributed by atoms with van der Waals surface area (Å²) in [5, 5.41) is 13.9. The van der Waals surface area contributed by atoms with Gasteiger partial charge in [-0.3, -0.25) is 19.7 Å². The molecule has 0 fully saturated rings. The zero-order valence-electron chi connectivity index (χ0n) is 13.7. The second kappa shape index (κ2) is 8.27. The Labute approximate surface area is 153 Å². The van der Waals surface area contributed by atoms with Crippen molar-refractivity contribution in [3.63, 3.8) is 0 Å². The van der Waals surface area contributed by atoms with Crippen LogP contribution in [-0.2, 0) is 14.3 Å². The van der Waals surface area contributed by atoms with Gasteiger partial charge in [0.25, 0.3) is 5.69 Å². The largest absolute Gasteiger partial charge is 0.460 e. The summed E-state index contributed by atoms with van der Waals surface area (Å²) in [6.07, 6.45) is 0.0451. The number of primary amides is 1. The molecule has 0 aromatic heterocycles. The number of anilines is 1. The van der Waals surface area contributed by atoms with E-state index in [4.69, 9.17) is 10.5 Å². The Morgan fingerprint density at radius 3 is 2.54 bits per heavy atom. The van der Waals surface area contributed by atoms with E-state index in [1.807, 2.05) is 22.6 Å². The van der Waals surface area contributed by atoms with E-state index in [-0.39, 0.29) is 24.2 Å². The van der Waals surface area contributed by atoms with Crippen molar-refractivity contribution < 1.29 is 19.2 Å². The van der Waals surface area contributed by atoms with Crippen LogP contribution in [0.3, 0.4) is 0 Å². The third kappa shape index (κ3) is 6.69. The van der Waals surface area contributed by atoms with Gasteiger partial charge in [-0.2, -0.15) is 0 Å². The average Bonchev–Trinajstić information content (AvgIpc) is 2.42. The summed E-state index contributed by atoms with van der Waals surface area (Å²) in [5.74, 6) is -1.17. The van der Waals surface area contributed by atoms with Crippen LogP contribution in [-0.4, -0.2) is 28.4 Å². The third-order valence-electron chi connectivity index (χ3n) is 2.89. The molecular formula is C15H20IN3O5. The predicted molar refractivity (Wildman–Crippen MR) is 97.5 cm³/mol. The monoisotopic (exact) mass is 449 g/mol. The maximum atomic E-state index is 11.7.